The molecule has 0 spiro atoms. The van der Waals surface area contributed by atoms with Crippen LogP contribution in [-0.2, 0) is 11.8 Å². The molecule has 0 aromatic carbocycles. The fourth-order valence-electron chi connectivity index (χ4n) is 3.10. The van der Waals surface area contributed by atoms with Gasteiger partial charge in [-0.2, -0.15) is 5.10 Å². The largest absolute Gasteiger partial charge is 0.373 e. The van der Waals surface area contributed by atoms with Crippen LogP contribution >= 0.6 is 0 Å². The van der Waals surface area contributed by atoms with E-state index >= 15 is 0 Å². The smallest absolute Gasteiger partial charge is 0.273 e. The van der Waals surface area contributed by atoms with Gasteiger partial charge in [0.15, 0.2) is 5.69 Å². The molecule has 9 heteroatoms. The summed E-state index contributed by atoms with van der Waals surface area (Å²) in [4.78, 5) is 15.6. The third-order valence-electron chi connectivity index (χ3n) is 4.54. The van der Waals surface area contributed by atoms with Gasteiger partial charge in [-0.05, 0) is 25.2 Å². The highest BCUT2D eigenvalue weighted by Crippen LogP contribution is 2.28. The van der Waals surface area contributed by atoms with E-state index in [9.17, 15) is 4.79 Å². The van der Waals surface area contributed by atoms with Gasteiger partial charge in [-0.1, -0.05) is 0 Å². The zero-order valence-electron chi connectivity index (χ0n) is 15.6. The molecule has 1 saturated heterocycles. The van der Waals surface area contributed by atoms with E-state index in [0.717, 1.165) is 12.2 Å². The number of anilines is 1. The van der Waals surface area contributed by atoms with Gasteiger partial charge < -0.3 is 15.0 Å². The van der Waals surface area contributed by atoms with Gasteiger partial charge in [0.2, 0.25) is 0 Å². The van der Waals surface area contributed by atoms with Crippen LogP contribution in [-0.4, -0.2) is 82.6 Å². The minimum Gasteiger partial charge on any atom is -0.373 e. The first-order valence-corrected chi connectivity index (χ1v) is 8.56. The number of likely N-dealkylation sites (N-methyl/N-ethyl adjacent to an activating group) is 1. The van der Waals surface area contributed by atoms with Gasteiger partial charge in [0.25, 0.3) is 5.91 Å². The van der Waals surface area contributed by atoms with E-state index in [-0.39, 0.29) is 18.1 Å². The van der Waals surface area contributed by atoms with E-state index in [2.05, 4.69) is 32.6 Å². The van der Waals surface area contributed by atoms with Crippen molar-refractivity contribution in [1.82, 2.24) is 29.8 Å². The minimum absolute atomic E-state index is 0.0472. The van der Waals surface area contributed by atoms with Crippen molar-refractivity contribution in [3.63, 3.8) is 0 Å². The second-order valence-corrected chi connectivity index (χ2v) is 6.60. The highest BCUT2D eigenvalue weighted by atomic mass is 16.5. The average molecular weight is 359 g/mol. The van der Waals surface area contributed by atoms with Crippen LogP contribution in [0.1, 0.15) is 22.2 Å². The van der Waals surface area contributed by atoms with Crippen molar-refractivity contribution in [2.45, 2.75) is 12.1 Å². The Morgan fingerprint density at radius 1 is 1.31 bits per heavy atom. The maximum Gasteiger partial charge on any atom is 0.273 e. The van der Waals surface area contributed by atoms with E-state index in [0.29, 0.717) is 24.7 Å². The Morgan fingerprint density at radius 2 is 2.12 bits per heavy atom. The lowest BCUT2D eigenvalue weighted by Crippen LogP contribution is -2.46. The lowest BCUT2D eigenvalue weighted by Gasteiger charge is -2.39. The number of carbonyl (C=O) groups excluding carboxylic acids is 1. The first-order valence-electron chi connectivity index (χ1n) is 8.56. The number of nitrogens with one attached hydrogen (secondary N) is 1. The second-order valence-electron chi connectivity index (χ2n) is 6.60. The molecule has 0 radical (unpaired) electrons. The molecule has 1 amide bonds. The molecule has 9 nitrogen and oxygen atoms in total. The molecule has 1 aliphatic heterocycles. The van der Waals surface area contributed by atoms with Crippen LogP contribution in [0.2, 0.25) is 0 Å². The van der Waals surface area contributed by atoms with Gasteiger partial charge in [-0.15, -0.1) is 10.2 Å². The molecule has 1 aliphatic rings. The second kappa shape index (κ2) is 7.79. The van der Waals surface area contributed by atoms with Crippen LogP contribution in [0.5, 0.6) is 0 Å². The lowest BCUT2D eigenvalue weighted by atomic mass is 10.0. The Balaban J connectivity index is 1.67. The third kappa shape index (κ3) is 3.83. The van der Waals surface area contributed by atoms with Crippen LogP contribution in [0.25, 0.3) is 0 Å². The van der Waals surface area contributed by atoms with Crippen molar-refractivity contribution in [2.24, 2.45) is 7.05 Å². The number of hydrogen-bond donors (Lipinski definition) is 1. The van der Waals surface area contributed by atoms with Gasteiger partial charge in [-0.3, -0.25) is 14.4 Å². The standard InChI is InChI=1S/C17H25N7O2/c1-22(2)17(25)12-5-6-15(21-20-12)18-11-14-16(23(3)9-10-26-14)13-7-8-19-24(13)4/h5-8,14,16H,9-11H2,1-4H3,(H,18,21)/t14-,16-/m0/s1. The summed E-state index contributed by atoms with van der Waals surface area (Å²) >= 11 is 0. The van der Waals surface area contributed by atoms with Crippen molar-refractivity contribution in [3.8, 4) is 0 Å². The average Bonchev–Trinajstić information content (AvgIpc) is 3.05. The highest BCUT2D eigenvalue weighted by molar-refractivity contribution is 5.91. The minimum atomic E-state index is -0.169. The van der Waals surface area contributed by atoms with Crippen molar-refractivity contribution in [1.29, 1.82) is 0 Å². The van der Waals surface area contributed by atoms with E-state index in [4.69, 9.17) is 4.74 Å². The fraction of sp³-hybridized carbons (Fsp3) is 0.529. The number of hydrogen-bond acceptors (Lipinski definition) is 7. The molecule has 3 rings (SSSR count). The quantitative estimate of drug-likeness (QED) is 0.826. The van der Waals surface area contributed by atoms with Gasteiger partial charge in [0, 0.05) is 40.4 Å². The number of rotatable bonds is 5. The molecule has 2 aromatic heterocycles. The summed E-state index contributed by atoms with van der Waals surface area (Å²) < 4.78 is 7.88. The normalized spacial score (nSPS) is 20.8. The monoisotopic (exact) mass is 359 g/mol. The van der Waals surface area contributed by atoms with Crippen LogP contribution < -0.4 is 5.32 Å². The number of amides is 1. The molecule has 140 valence electrons. The molecular weight excluding hydrogens is 334 g/mol. The SMILES string of the molecule is CN(C)C(=O)c1ccc(NC[C@@H]2OCCN(C)[C@H]2c2ccnn2C)nn1. The molecule has 1 N–H and O–H groups in total. The summed E-state index contributed by atoms with van der Waals surface area (Å²) in [5.41, 5.74) is 1.43. The number of aromatic nitrogens is 4. The Hall–Kier alpha value is -2.52. The topological polar surface area (TPSA) is 88.4 Å². The number of aryl methyl sites for hydroxylation is 1. The lowest BCUT2D eigenvalue weighted by molar-refractivity contribution is -0.0581. The molecule has 0 aliphatic carbocycles. The van der Waals surface area contributed by atoms with Crippen molar-refractivity contribution >= 4 is 11.7 Å². The van der Waals surface area contributed by atoms with Gasteiger partial charge in [0.1, 0.15) is 5.82 Å². The fourth-order valence-corrected chi connectivity index (χ4v) is 3.10. The molecule has 26 heavy (non-hydrogen) atoms. The van der Waals surface area contributed by atoms with E-state index in [1.807, 2.05) is 17.8 Å². The van der Waals surface area contributed by atoms with Crippen molar-refractivity contribution in [3.05, 3.63) is 35.8 Å². The van der Waals surface area contributed by atoms with Crippen LogP contribution in [0.4, 0.5) is 5.82 Å². The molecule has 0 bridgehead atoms. The predicted molar refractivity (Wildman–Crippen MR) is 96.9 cm³/mol. The summed E-state index contributed by atoms with van der Waals surface area (Å²) in [5, 5.41) is 15.6. The Labute approximate surface area is 152 Å². The van der Waals surface area contributed by atoms with E-state index in [1.54, 1.807) is 32.4 Å². The van der Waals surface area contributed by atoms with Gasteiger partial charge >= 0.3 is 0 Å². The van der Waals surface area contributed by atoms with Gasteiger partial charge in [0.05, 0.1) is 24.4 Å². The number of morpholine rings is 1. The summed E-state index contributed by atoms with van der Waals surface area (Å²) in [6.45, 7) is 2.13. The number of carbonyl (C=O) groups is 1. The van der Waals surface area contributed by atoms with E-state index in [1.165, 1.54) is 4.90 Å². The zero-order valence-corrected chi connectivity index (χ0v) is 15.6. The Morgan fingerprint density at radius 3 is 2.73 bits per heavy atom. The summed E-state index contributed by atoms with van der Waals surface area (Å²) in [5.74, 6) is 0.443. The summed E-state index contributed by atoms with van der Waals surface area (Å²) in [7, 11) is 7.40. The maximum atomic E-state index is 11.9. The zero-order chi connectivity index (χ0) is 18.7. The summed E-state index contributed by atoms with van der Waals surface area (Å²) in [6, 6.07) is 5.55. The van der Waals surface area contributed by atoms with Crippen molar-refractivity contribution < 1.29 is 9.53 Å². The van der Waals surface area contributed by atoms with Crippen LogP contribution in [0.15, 0.2) is 24.4 Å². The summed E-state index contributed by atoms with van der Waals surface area (Å²) in [6.07, 6.45) is 1.75. The van der Waals surface area contributed by atoms with Crippen LogP contribution in [0.3, 0.4) is 0 Å². The van der Waals surface area contributed by atoms with Crippen LogP contribution in [0, 0.1) is 0 Å². The highest BCUT2D eigenvalue weighted by Gasteiger charge is 2.33. The first-order chi connectivity index (χ1) is 12.5. The number of ether oxygens (including phenoxy) is 1. The first kappa shape index (κ1) is 18.3. The maximum absolute atomic E-state index is 11.9. The molecule has 3 heterocycles. The Bertz CT molecular complexity index is 744. The molecule has 2 aromatic rings. The molecule has 0 saturated carbocycles. The van der Waals surface area contributed by atoms with Crippen molar-refractivity contribution in [2.75, 3.05) is 46.2 Å². The number of nitrogens with zero attached hydrogens (tertiary/aromatic N) is 6. The van der Waals surface area contributed by atoms with Gasteiger partial charge in [-0.25, -0.2) is 0 Å². The predicted octanol–water partition coefficient (Wildman–Crippen LogP) is 0.396. The Kier molecular flexibility index (Phi) is 5.48. The van der Waals surface area contributed by atoms with E-state index < -0.39 is 0 Å². The third-order valence-corrected chi connectivity index (χ3v) is 4.54. The molecule has 2 atom stereocenters. The molecule has 0 unspecified atom stereocenters. The molecule has 1 fully saturated rings. The molecular formula is C17H25N7O2.